The maximum atomic E-state index is 5.50. The molecule has 0 radical (unpaired) electrons. The van der Waals surface area contributed by atoms with Gasteiger partial charge in [0.15, 0.2) is 0 Å². The average molecular weight is 146 g/mol. The fraction of sp³-hybridized carbons (Fsp3) is 1.00. The Labute approximate surface area is 61.2 Å². The van der Waals surface area contributed by atoms with Crippen molar-refractivity contribution in [2.45, 2.75) is 37.4 Å². The van der Waals surface area contributed by atoms with Gasteiger partial charge in [0.05, 0.1) is 0 Å². The van der Waals surface area contributed by atoms with Crippen molar-refractivity contribution < 1.29 is 4.74 Å². The molecule has 0 bridgehead atoms. The molecule has 0 aromatic heterocycles. The molecule has 0 N–H and O–H groups in total. The molecular formula is C7H14OS. The fourth-order valence-corrected chi connectivity index (χ4v) is 2.38. The predicted molar refractivity (Wildman–Crippen MR) is 41.7 cm³/mol. The van der Waals surface area contributed by atoms with Gasteiger partial charge in [0, 0.05) is 11.9 Å². The van der Waals surface area contributed by atoms with Gasteiger partial charge in [-0.25, -0.2) is 0 Å². The topological polar surface area (TPSA) is 9.23 Å². The normalized spacial score (nSPS) is 34.3. The predicted octanol–water partition coefficient (Wildman–Crippen LogP) is 2.26. The molecule has 1 nitrogen and oxygen atoms in total. The highest BCUT2D eigenvalue weighted by molar-refractivity contribution is 8.01. The molecule has 9 heavy (non-hydrogen) atoms. The summed E-state index contributed by atoms with van der Waals surface area (Å²) in [5.74, 6) is 0. The van der Waals surface area contributed by atoms with E-state index in [-0.39, 0.29) is 4.93 Å². The minimum absolute atomic E-state index is 0.0671. The molecule has 1 fully saturated rings. The van der Waals surface area contributed by atoms with Crippen LogP contribution in [0.3, 0.4) is 0 Å². The van der Waals surface area contributed by atoms with Crippen molar-refractivity contribution >= 4 is 11.8 Å². The Bertz CT molecular complexity index is 101. The molecule has 1 unspecified atom stereocenters. The lowest BCUT2D eigenvalue weighted by molar-refractivity contribution is 0.0415. The van der Waals surface area contributed by atoms with Gasteiger partial charge in [-0.05, 0) is 20.3 Å². The third kappa shape index (κ3) is 2.18. The zero-order valence-electron chi connectivity index (χ0n) is 6.31. The molecule has 1 aliphatic rings. The van der Waals surface area contributed by atoms with Crippen molar-refractivity contribution in [2.75, 3.05) is 6.61 Å². The molecule has 54 valence electrons. The van der Waals surface area contributed by atoms with Crippen LogP contribution in [0.25, 0.3) is 0 Å². The summed E-state index contributed by atoms with van der Waals surface area (Å²) < 4.78 is 5.50. The first-order chi connectivity index (χ1) is 4.10. The van der Waals surface area contributed by atoms with Crippen LogP contribution in [-0.4, -0.2) is 16.8 Å². The molecule has 1 atom stereocenters. The van der Waals surface area contributed by atoms with E-state index in [1.54, 1.807) is 0 Å². The lowest BCUT2D eigenvalue weighted by atomic mass is 10.3. The van der Waals surface area contributed by atoms with Crippen LogP contribution in [0.15, 0.2) is 0 Å². The first kappa shape index (κ1) is 7.42. The molecule has 0 aliphatic carbocycles. The molecule has 0 spiro atoms. The summed E-state index contributed by atoms with van der Waals surface area (Å²) in [4.78, 5) is 0.0671. The van der Waals surface area contributed by atoms with Crippen molar-refractivity contribution in [1.29, 1.82) is 0 Å². The molecule has 1 rings (SSSR count). The minimum Gasteiger partial charge on any atom is -0.365 e. The number of thioether (sulfide) groups is 1. The fourth-order valence-electron chi connectivity index (χ4n) is 1.05. The maximum absolute atomic E-state index is 5.50. The van der Waals surface area contributed by atoms with E-state index in [1.807, 2.05) is 11.8 Å². The van der Waals surface area contributed by atoms with Crippen LogP contribution < -0.4 is 0 Å². The Kier molecular flexibility index (Phi) is 2.07. The molecular weight excluding hydrogens is 132 g/mol. The van der Waals surface area contributed by atoms with Crippen LogP contribution in [0.1, 0.15) is 27.2 Å². The van der Waals surface area contributed by atoms with Gasteiger partial charge in [-0.15, -0.1) is 11.8 Å². The molecule has 2 heteroatoms. The molecule has 0 saturated carbocycles. The highest BCUT2D eigenvalue weighted by Gasteiger charge is 2.26. The van der Waals surface area contributed by atoms with E-state index in [0.29, 0.717) is 0 Å². The number of ether oxygens (including phenoxy) is 1. The molecule has 1 heterocycles. The quantitative estimate of drug-likeness (QED) is 0.518. The van der Waals surface area contributed by atoms with Crippen molar-refractivity contribution in [3.05, 3.63) is 0 Å². The van der Waals surface area contributed by atoms with Crippen LogP contribution in [0.2, 0.25) is 0 Å². The lowest BCUT2D eigenvalue weighted by Crippen LogP contribution is -2.29. The summed E-state index contributed by atoms with van der Waals surface area (Å²) in [6.45, 7) is 7.46. The molecule has 0 amide bonds. The first-order valence-electron chi connectivity index (χ1n) is 3.42. The van der Waals surface area contributed by atoms with E-state index >= 15 is 0 Å². The SMILES string of the molecule is CC1CCOC(C)(C)S1. The van der Waals surface area contributed by atoms with E-state index < -0.39 is 0 Å². The Hall–Kier alpha value is 0.310. The van der Waals surface area contributed by atoms with Gasteiger partial charge < -0.3 is 4.74 Å². The Morgan fingerprint density at radius 3 is 2.56 bits per heavy atom. The van der Waals surface area contributed by atoms with Crippen molar-refractivity contribution in [1.82, 2.24) is 0 Å². The minimum atomic E-state index is 0.0671. The Morgan fingerprint density at radius 2 is 2.22 bits per heavy atom. The van der Waals surface area contributed by atoms with Crippen molar-refractivity contribution in [3.8, 4) is 0 Å². The van der Waals surface area contributed by atoms with Crippen molar-refractivity contribution in [2.24, 2.45) is 0 Å². The molecule has 1 saturated heterocycles. The van der Waals surface area contributed by atoms with Crippen LogP contribution >= 0.6 is 11.8 Å². The largest absolute Gasteiger partial charge is 0.365 e. The average Bonchev–Trinajstić information content (AvgIpc) is 1.60. The summed E-state index contributed by atoms with van der Waals surface area (Å²) in [5, 5.41) is 0.772. The summed E-state index contributed by atoms with van der Waals surface area (Å²) >= 11 is 1.92. The second-order valence-electron chi connectivity index (χ2n) is 2.97. The smallest absolute Gasteiger partial charge is 0.108 e. The number of rotatable bonds is 0. The first-order valence-corrected chi connectivity index (χ1v) is 4.30. The molecule has 1 aliphatic heterocycles. The summed E-state index contributed by atoms with van der Waals surface area (Å²) in [6.07, 6.45) is 1.20. The molecule has 0 aromatic carbocycles. The zero-order valence-corrected chi connectivity index (χ0v) is 7.12. The van der Waals surface area contributed by atoms with Gasteiger partial charge in [0.2, 0.25) is 0 Å². The van der Waals surface area contributed by atoms with Crippen LogP contribution in [0, 0.1) is 0 Å². The van der Waals surface area contributed by atoms with E-state index in [4.69, 9.17) is 4.74 Å². The Balaban J connectivity index is 2.41. The monoisotopic (exact) mass is 146 g/mol. The molecule has 0 aromatic rings. The van der Waals surface area contributed by atoms with Gasteiger partial charge in [-0.2, -0.15) is 0 Å². The zero-order chi connectivity index (χ0) is 6.91. The van der Waals surface area contributed by atoms with E-state index in [1.165, 1.54) is 6.42 Å². The van der Waals surface area contributed by atoms with Gasteiger partial charge >= 0.3 is 0 Å². The van der Waals surface area contributed by atoms with Gasteiger partial charge in [0.25, 0.3) is 0 Å². The number of hydrogen-bond acceptors (Lipinski definition) is 2. The summed E-state index contributed by atoms with van der Waals surface area (Å²) in [5.41, 5.74) is 0. The van der Waals surface area contributed by atoms with E-state index in [0.717, 1.165) is 11.9 Å². The van der Waals surface area contributed by atoms with Crippen LogP contribution in [0.4, 0.5) is 0 Å². The third-order valence-electron chi connectivity index (χ3n) is 1.46. The number of hydrogen-bond donors (Lipinski definition) is 0. The second kappa shape index (κ2) is 2.51. The lowest BCUT2D eigenvalue weighted by Gasteiger charge is -2.33. The van der Waals surface area contributed by atoms with Gasteiger partial charge in [0.1, 0.15) is 4.93 Å². The standard InChI is InChI=1S/C7H14OS/c1-6-4-5-8-7(2,3)9-6/h6H,4-5H2,1-3H3. The van der Waals surface area contributed by atoms with E-state index in [2.05, 4.69) is 20.8 Å². The van der Waals surface area contributed by atoms with Gasteiger partial charge in [-0.3, -0.25) is 0 Å². The van der Waals surface area contributed by atoms with E-state index in [9.17, 15) is 0 Å². The highest BCUT2D eigenvalue weighted by Crippen LogP contribution is 2.35. The summed E-state index contributed by atoms with van der Waals surface area (Å²) in [7, 11) is 0. The van der Waals surface area contributed by atoms with Gasteiger partial charge in [-0.1, -0.05) is 6.92 Å². The highest BCUT2D eigenvalue weighted by atomic mass is 32.2. The maximum Gasteiger partial charge on any atom is 0.108 e. The van der Waals surface area contributed by atoms with Crippen LogP contribution in [0.5, 0.6) is 0 Å². The van der Waals surface area contributed by atoms with Crippen LogP contribution in [-0.2, 0) is 4.74 Å². The van der Waals surface area contributed by atoms with Crippen molar-refractivity contribution in [3.63, 3.8) is 0 Å². The second-order valence-corrected chi connectivity index (χ2v) is 4.99. The Morgan fingerprint density at radius 1 is 1.56 bits per heavy atom. The third-order valence-corrected chi connectivity index (χ3v) is 2.78. The summed E-state index contributed by atoms with van der Waals surface area (Å²) in [6, 6.07) is 0.